The second kappa shape index (κ2) is 39.2. The van der Waals surface area contributed by atoms with Crippen LogP contribution in [0.25, 0.3) is 0 Å². The van der Waals surface area contributed by atoms with Crippen LogP contribution in [0, 0.1) is 0 Å². The summed E-state index contributed by atoms with van der Waals surface area (Å²) < 4.78 is 22.4. The largest absolute Gasteiger partial charge is 0.394 e. The molecule has 16 heteroatoms. The van der Waals surface area contributed by atoms with Crippen LogP contribution < -0.4 is 5.32 Å². The summed E-state index contributed by atoms with van der Waals surface area (Å²) in [6.45, 7) is 2.64. The van der Waals surface area contributed by atoms with Crippen molar-refractivity contribution in [3.05, 3.63) is 12.2 Å². The maximum Gasteiger partial charge on any atom is 0.249 e. The number of nitrogens with one attached hydrogen (secondary N) is 1. The van der Waals surface area contributed by atoms with Gasteiger partial charge in [0.2, 0.25) is 5.91 Å². The number of amides is 1. The van der Waals surface area contributed by atoms with E-state index in [4.69, 9.17) is 18.9 Å². The van der Waals surface area contributed by atoms with Crippen molar-refractivity contribution >= 4 is 5.91 Å². The molecule has 2 aliphatic rings. The van der Waals surface area contributed by atoms with Crippen LogP contribution in [0.5, 0.6) is 0 Å². The summed E-state index contributed by atoms with van der Waals surface area (Å²) in [7, 11) is 0. The summed E-state index contributed by atoms with van der Waals surface area (Å²) in [5, 5.41) is 108. The molecular formula is C52H99NO15. The lowest BCUT2D eigenvalue weighted by molar-refractivity contribution is -0.331. The molecule has 2 saturated heterocycles. The Kier molecular flexibility index (Phi) is 36.2. The first kappa shape index (κ1) is 62.8. The number of allylic oxidation sites excluding steroid dienone is 1. The van der Waals surface area contributed by atoms with Crippen LogP contribution in [0.4, 0.5) is 0 Å². The van der Waals surface area contributed by atoms with Crippen LogP contribution in [0.3, 0.4) is 0 Å². The molecule has 16 nitrogen and oxygen atoms in total. The van der Waals surface area contributed by atoms with Gasteiger partial charge in [0.05, 0.1) is 32.0 Å². The number of unbranched alkanes of at least 4 members (excludes halogenated alkanes) is 26. The van der Waals surface area contributed by atoms with Gasteiger partial charge in [-0.05, 0) is 25.7 Å². The molecule has 0 bridgehead atoms. The van der Waals surface area contributed by atoms with Gasteiger partial charge in [-0.15, -0.1) is 0 Å². The van der Waals surface area contributed by atoms with Gasteiger partial charge in [-0.2, -0.15) is 0 Å². The molecule has 0 aromatic heterocycles. The van der Waals surface area contributed by atoms with Crippen molar-refractivity contribution in [2.24, 2.45) is 0 Å². The van der Waals surface area contributed by atoms with E-state index in [1.54, 1.807) is 6.08 Å². The molecule has 68 heavy (non-hydrogen) atoms. The third kappa shape index (κ3) is 25.9. The van der Waals surface area contributed by atoms with E-state index in [9.17, 15) is 55.9 Å². The van der Waals surface area contributed by atoms with Crippen LogP contribution in [0.1, 0.15) is 206 Å². The van der Waals surface area contributed by atoms with Gasteiger partial charge in [0.1, 0.15) is 61.0 Å². The van der Waals surface area contributed by atoms with Crippen molar-refractivity contribution in [3.63, 3.8) is 0 Å². The van der Waals surface area contributed by atoms with E-state index in [0.717, 1.165) is 38.5 Å². The van der Waals surface area contributed by atoms with Gasteiger partial charge in [0.25, 0.3) is 0 Å². The molecular weight excluding hydrogens is 879 g/mol. The summed E-state index contributed by atoms with van der Waals surface area (Å²) >= 11 is 0. The number of aliphatic hydroxyl groups excluding tert-OH is 10. The fourth-order valence-corrected chi connectivity index (χ4v) is 8.99. The topological polar surface area (TPSA) is 268 Å². The third-order valence-electron chi connectivity index (χ3n) is 13.7. The van der Waals surface area contributed by atoms with Crippen molar-refractivity contribution in [2.75, 3.05) is 19.8 Å². The second-order valence-electron chi connectivity index (χ2n) is 19.7. The molecule has 11 N–H and O–H groups in total. The SMILES string of the molecule is CCCCCCCCCCC/C=C/C[C@@H](O)[C@@H](O)[C@H](CO[C@@H]1OC(CO[C@H]2OC(CO)[C@H](O)C(O)C2O)[C@@H](O)C(O)C1O)NC(=O)[C@H](O)CCCCCCCCCCCCCCCCCCCC. The zero-order valence-electron chi connectivity index (χ0n) is 42.1. The maximum absolute atomic E-state index is 13.3. The second-order valence-corrected chi connectivity index (χ2v) is 19.7. The molecule has 0 aromatic rings. The van der Waals surface area contributed by atoms with E-state index in [2.05, 4.69) is 19.2 Å². The summed E-state index contributed by atoms with van der Waals surface area (Å²) in [4.78, 5) is 13.3. The van der Waals surface area contributed by atoms with Gasteiger partial charge in [0, 0.05) is 0 Å². The standard InChI is InChI=1S/C52H99NO15/c1-3-5-7-9-11-13-15-17-18-19-20-21-22-24-26-28-30-32-34-40(56)50(64)53-38(43(57)39(55)33-31-29-27-25-23-16-14-12-10-8-6-4-2)36-65-51-49(63)47(61)45(59)42(68-51)37-66-52-48(62)46(60)44(58)41(35-54)67-52/h29,31,38-49,51-52,54-63H,3-28,30,32-37H2,1-2H3,(H,53,64)/b31-29+/t38-,39+,40+,41?,42?,43-,44-,45+,46?,47?,48?,49?,51+,52-/m0/s1. The highest BCUT2D eigenvalue weighted by atomic mass is 16.7. The number of carbonyl (C=O) groups excluding carboxylic acids is 1. The summed E-state index contributed by atoms with van der Waals surface area (Å²) in [6, 6.07) is -1.30. The molecule has 2 rings (SSSR count). The Hall–Kier alpha value is -1.35. The normalized spacial score (nSPS) is 27.4. The van der Waals surface area contributed by atoms with Crippen LogP contribution in [-0.4, -0.2) is 163 Å². The predicted molar refractivity (Wildman–Crippen MR) is 261 cm³/mol. The van der Waals surface area contributed by atoms with Crippen molar-refractivity contribution in [1.29, 1.82) is 0 Å². The molecule has 0 aliphatic carbocycles. The Morgan fingerprint density at radius 2 is 0.941 bits per heavy atom. The number of carbonyl (C=O) groups is 1. The number of ether oxygens (including phenoxy) is 4. The molecule has 402 valence electrons. The quantitative estimate of drug-likeness (QED) is 0.0267. The Morgan fingerprint density at radius 1 is 0.529 bits per heavy atom. The van der Waals surface area contributed by atoms with E-state index in [-0.39, 0.29) is 12.8 Å². The first-order chi connectivity index (χ1) is 32.9. The van der Waals surface area contributed by atoms with Gasteiger partial charge >= 0.3 is 0 Å². The monoisotopic (exact) mass is 978 g/mol. The molecule has 2 aliphatic heterocycles. The first-order valence-electron chi connectivity index (χ1n) is 27.1. The molecule has 0 aromatic carbocycles. The minimum atomic E-state index is -1.83. The Bertz CT molecular complexity index is 1230. The van der Waals surface area contributed by atoms with E-state index in [1.807, 2.05) is 6.08 Å². The van der Waals surface area contributed by atoms with E-state index in [1.165, 1.54) is 135 Å². The predicted octanol–water partition coefficient (Wildman–Crippen LogP) is 5.49. The van der Waals surface area contributed by atoms with Gasteiger partial charge < -0.3 is 75.3 Å². The van der Waals surface area contributed by atoms with Crippen LogP contribution in [0.15, 0.2) is 12.2 Å². The molecule has 0 saturated carbocycles. The van der Waals surface area contributed by atoms with E-state index < -0.39 is 111 Å². The van der Waals surface area contributed by atoms with E-state index >= 15 is 0 Å². The zero-order chi connectivity index (χ0) is 49.9. The highest BCUT2D eigenvalue weighted by molar-refractivity contribution is 5.80. The third-order valence-corrected chi connectivity index (χ3v) is 13.7. The van der Waals surface area contributed by atoms with Crippen molar-refractivity contribution < 1.29 is 74.8 Å². The van der Waals surface area contributed by atoms with Crippen LogP contribution in [-0.2, 0) is 23.7 Å². The summed E-state index contributed by atoms with van der Waals surface area (Å²) in [5.41, 5.74) is 0. The zero-order valence-corrected chi connectivity index (χ0v) is 42.1. The average molecular weight is 978 g/mol. The fourth-order valence-electron chi connectivity index (χ4n) is 8.99. The van der Waals surface area contributed by atoms with Gasteiger partial charge in [-0.1, -0.05) is 193 Å². The minimum absolute atomic E-state index is 0.0671. The van der Waals surface area contributed by atoms with Crippen LogP contribution >= 0.6 is 0 Å². The first-order valence-corrected chi connectivity index (χ1v) is 27.1. The van der Waals surface area contributed by atoms with E-state index in [0.29, 0.717) is 6.42 Å². The summed E-state index contributed by atoms with van der Waals surface area (Å²) in [5.74, 6) is -0.774. The number of hydrogen-bond donors (Lipinski definition) is 11. The highest BCUT2D eigenvalue weighted by Gasteiger charge is 2.48. The molecule has 2 heterocycles. The molecule has 2 fully saturated rings. The Balaban J connectivity index is 1.87. The Morgan fingerprint density at radius 3 is 1.41 bits per heavy atom. The molecule has 14 atom stereocenters. The Labute approximate surface area is 409 Å². The van der Waals surface area contributed by atoms with Gasteiger partial charge in [-0.3, -0.25) is 4.79 Å². The van der Waals surface area contributed by atoms with Crippen molar-refractivity contribution in [3.8, 4) is 0 Å². The lowest BCUT2D eigenvalue weighted by Gasteiger charge is -2.43. The molecule has 0 spiro atoms. The molecule has 0 radical (unpaired) electrons. The van der Waals surface area contributed by atoms with Gasteiger partial charge in [0.15, 0.2) is 12.6 Å². The lowest BCUT2D eigenvalue weighted by Crippen LogP contribution is -2.62. The van der Waals surface area contributed by atoms with Crippen LogP contribution in [0.2, 0.25) is 0 Å². The smallest absolute Gasteiger partial charge is 0.249 e. The number of aliphatic hydroxyl groups is 10. The van der Waals surface area contributed by atoms with Gasteiger partial charge in [-0.25, -0.2) is 0 Å². The van der Waals surface area contributed by atoms with Crippen molar-refractivity contribution in [1.82, 2.24) is 5.32 Å². The number of hydrogen-bond acceptors (Lipinski definition) is 15. The fraction of sp³-hybridized carbons (Fsp3) is 0.942. The maximum atomic E-state index is 13.3. The highest BCUT2D eigenvalue weighted by Crippen LogP contribution is 2.27. The average Bonchev–Trinajstić information content (AvgIpc) is 3.33. The number of rotatable bonds is 42. The minimum Gasteiger partial charge on any atom is -0.394 e. The lowest BCUT2D eigenvalue weighted by atomic mass is 9.98. The van der Waals surface area contributed by atoms with Crippen molar-refractivity contribution in [2.45, 2.75) is 292 Å². The summed E-state index contributed by atoms with van der Waals surface area (Å²) in [6.07, 6.45) is 17.0. The molecule has 1 amide bonds. The molecule has 6 unspecified atom stereocenters.